The van der Waals surface area contributed by atoms with Crippen LogP contribution in [0.4, 0.5) is 5.13 Å². The van der Waals surface area contributed by atoms with Crippen molar-refractivity contribution in [2.24, 2.45) is 11.1 Å². The summed E-state index contributed by atoms with van der Waals surface area (Å²) < 4.78 is 0. The Hall–Kier alpha value is -1.27. The average molecular weight is 283 g/mol. The molecule has 0 radical (unpaired) electrons. The molecule has 3 N–H and O–H groups in total. The monoisotopic (exact) mass is 283 g/mol. The van der Waals surface area contributed by atoms with Gasteiger partial charge in [-0.05, 0) is 11.8 Å². The van der Waals surface area contributed by atoms with E-state index in [4.69, 9.17) is 5.73 Å². The molecule has 0 aromatic carbocycles. The second-order valence-electron chi connectivity index (χ2n) is 5.87. The minimum atomic E-state index is -0.174. The highest BCUT2D eigenvalue weighted by molar-refractivity contribution is 7.14. The molecule has 1 atom stereocenters. The minimum absolute atomic E-state index is 0.0999. The van der Waals surface area contributed by atoms with Gasteiger partial charge < -0.3 is 11.1 Å². The molecule has 0 aliphatic carbocycles. The van der Waals surface area contributed by atoms with Crippen LogP contribution in [0.2, 0.25) is 0 Å². The summed E-state index contributed by atoms with van der Waals surface area (Å²) >= 11 is 1.24. The molecular formula is C13H21N3O2S. The van der Waals surface area contributed by atoms with Crippen molar-refractivity contribution in [1.29, 1.82) is 0 Å². The van der Waals surface area contributed by atoms with Crippen LogP contribution in [0.3, 0.4) is 0 Å². The van der Waals surface area contributed by atoms with E-state index in [1.165, 1.54) is 18.3 Å². The number of ketones is 1. The number of nitrogens with one attached hydrogen (secondary N) is 1. The van der Waals surface area contributed by atoms with Gasteiger partial charge >= 0.3 is 0 Å². The molecule has 1 aromatic rings. The molecule has 5 nitrogen and oxygen atoms in total. The lowest BCUT2D eigenvalue weighted by atomic mass is 9.87. The van der Waals surface area contributed by atoms with Gasteiger partial charge in [0.15, 0.2) is 10.9 Å². The van der Waals surface area contributed by atoms with E-state index in [2.05, 4.69) is 31.1 Å². The standard InChI is InChI=1S/C13H21N3O2S/c1-8(17)10-7-19-12(15-10)16-11(18)5-9(14)6-13(2,3)4/h7,9H,5-6,14H2,1-4H3,(H,15,16,18). The van der Waals surface area contributed by atoms with Crippen molar-refractivity contribution in [2.45, 2.75) is 46.6 Å². The number of carbonyl (C=O) groups excluding carboxylic acids is 2. The van der Waals surface area contributed by atoms with E-state index >= 15 is 0 Å². The lowest BCUT2D eigenvalue weighted by Crippen LogP contribution is -2.31. The fourth-order valence-corrected chi connectivity index (χ4v) is 2.53. The Balaban J connectivity index is 2.48. The Morgan fingerprint density at radius 2 is 2.11 bits per heavy atom. The number of nitrogens with two attached hydrogens (primary N) is 1. The number of thiazole rings is 1. The average Bonchev–Trinajstić information content (AvgIpc) is 2.62. The Kier molecular flexibility index (Phi) is 5.20. The van der Waals surface area contributed by atoms with E-state index < -0.39 is 0 Å². The van der Waals surface area contributed by atoms with Gasteiger partial charge in [0, 0.05) is 24.8 Å². The smallest absolute Gasteiger partial charge is 0.227 e. The first kappa shape index (κ1) is 15.8. The van der Waals surface area contributed by atoms with Gasteiger partial charge in [0.2, 0.25) is 5.91 Å². The third kappa shape index (κ3) is 5.94. The van der Waals surface area contributed by atoms with E-state index in [0.29, 0.717) is 10.8 Å². The maximum Gasteiger partial charge on any atom is 0.227 e. The maximum absolute atomic E-state index is 11.8. The predicted octanol–water partition coefficient (Wildman–Crippen LogP) is 2.44. The molecule has 106 valence electrons. The van der Waals surface area contributed by atoms with Crippen LogP contribution in [0.15, 0.2) is 5.38 Å². The summed E-state index contributed by atoms with van der Waals surface area (Å²) in [6.45, 7) is 7.71. The Labute approximate surface area is 117 Å². The second-order valence-corrected chi connectivity index (χ2v) is 6.73. The molecule has 1 aromatic heterocycles. The molecular weight excluding hydrogens is 262 g/mol. The van der Waals surface area contributed by atoms with Gasteiger partial charge in [-0.3, -0.25) is 9.59 Å². The normalized spacial score (nSPS) is 13.1. The van der Waals surface area contributed by atoms with Crippen LogP contribution >= 0.6 is 11.3 Å². The van der Waals surface area contributed by atoms with Gasteiger partial charge in [-0.1, -0.05) is 20.8 Å². The SMILES string of the molecule is CC(=O)c1csc(NC(=O)CC(N)CC(C)(C)C)n1. The lowest BCUT2D eigenvalue weighted by molar-refractivity contribution is -0.116. The van der Waals surface area contributed by atoms with Crippen LogP contribution in [0.5, 0.6) is 0 Å². The van der Waals surface area contributed by atoms with E-state index in [-0.39, 0.29) is 29.6 Å². The van der Waals surface area contributed by atoms with Crippen LogP contribution in [0.1, 0.15) is 51.0 Å². The van der Waals surface area contributed by atoms with Gasteiger partial charge in [0.05, 0.1) is 0 Å². The summed E-state index contributed by atoms with van der Waals surface area (Å²) in [4.78, 5) is 26.9. The molecule has 1 unspecified atom stereocenters. The number of aromatic nitrogens is 1. The first-order valence-corrected chi connectivity index (χ1v) is 7.07. The lowest BCUT2D eigenvalue weighted by Gasteiger charge is -2.22. The van der Waals surface area contributed by atoms with Crippen LogP contribution in [0, 0.1) is 5.41 Å². The number of Topliss-reactive ketones (excluding diaryl/α,β-unsaturated/α-hetero) is 1. The van der Waals surface area contributed by atoms with Gasteiger partial charge in [0.25, 0.3) is 0 Å². The molecule has 0 saturated carbocycles. The van der Waals surface area contributed by atoms with Crippen molar-refractivity contribution < 1.29 is 9.59 Å². The fraction of sp³-hybridized carbons (Fsp3) is 0.615. The van der Waals surface area contributed by atoms with Crippen LogP contribution in [-0.2, 0) is 4.79 Å². The number of carbonyl (C=O) groups is 2. The molecule has 0 aliphatic rings. The summed E-state index contributed by atoms with van der Waals surface area (Å²) in [5, 5.41) is 4.74. The molecule has 1 rings (SSSR count). The van der Waals surface area contributed by atoms with E-state index in [1.807, 2.05) is 0 Å². The van der Waals surface area contributed by atoms with E-state index in [9.17, 15) is 9.59 Å². The van der Waals surface area contributed by atoms with Gasteiger partial charge in [-0.25, -0.2) is 4.98 Å². The molecule has 6 heteroatoms. The minimum Gasteiger partial charge on any atom is -0.327 e. The predicted molar refractivity (Wildman–Crippen MR) is 77.4 cm³/mol. The summed E-state index contributed by atoms with van der Waals surface area (Å²) in [7, 11) is 0. The number of amides is 1. The molecule has 0 bridgehead atoms. The molecule has 0 spiro atoms. The quantitative estimate of drug-likeness (QED) is 0.813. The van der Waals surface area contributed by atoms with Gasteiger partial charge in [0.1, 0.15) is 5.69 Å². The number of rotatable bonds is 5. The number of hydrogen-bond acceptors (Lipinski definition) is 5. The largest absolute Gasteiger partial charge is 0.327 e. The highest BCUT2D eigenvalue weighted by Gasteiger charge is 2.18. The topological polar surface area (TPSA) is 85.1 Å². The molecule has 19 heavy (non-hydrogen) atoms. The maximum atomic E-state index is 11.8. The zero-order valence-corrected chi connectivity index (χ0v) is 12.6. The highest BCUT2D eigenvalue weighted by Crippen LogP contribution is 2.21. The van der Waals surface area contributed by atoms with Crippen LogP contribution in [0.25, 0.3) is 0 Å². The molecule has 0 aliphatic heterocycles. The first-order chi connectivity index (χ1) is 8.67. The number of hydrogen-bond donors (Lipinski definition) is 2. The molecule has 0 saturated heterocycles. The van der Waals surface area contributed by atoms with Crippen molar-refractivity contribution in [2.75, 3.05) is 5.32 Å². The molecule has 1 heterocycles. The third-order valence-corrected chi connectivity index (χ3v) is 3.19. The summed E-state index contributed by atoms with van der Waals surface area (Å²) in [5.74, 6) is -0.276. The fourth-order valence-electron chi connectivity index (χ4n) is 1.76. The Morgan fingerprint density at radius 3 is 2.58 bits per heavy atom. The summed E-state index contributed by atoms with van der Waals surface area (Å²) in [6, 6.07) is -0.174. The van der Waals surface area contributed by atoms with Crippen molar-refractivity contribution in [3.63, 3.8) is 0 Å². The van der Waals surface area contributed by atoms with Gasteiger partial charge in [-0.15, -0.1) is 11.3 Å². The van der Waals surface area contributed by atoms with Crippen molar-refractivity contribution in [3.8, 4) is 0 Å². The van der Waals surface area contributed by atoms with Crippen molar-refractivity contribution in [3.05, 3.63) is 11.1 Å². The number of nitrogens with zero attached hydrogens (tertiary/aromatic N) is 1. The summed E-state index contributed by atoms with van der Waals surface area (Å²) in [5.41, 5.74) is 6.41. The van der Waals surface area contributed by atoms with Crippen LogP contribution < -0.4 is 11.1 Å². The zero-order chi connectivity index (χ0) is 14.6. The van der Waals surface area contributed by atoms with E-state index in [1.54, 1.807) is 5.38 Å². The second kappa shape index (κ2) is 6.25. The third-order valence-electron chi connectivity index (χ3n) is 2.43. The Bertz CT molecular complexity index is 463. The molecule has 1 amide bonds. The number of anilines is 1. The van der Waals surface area contributed by atoms with Crippen molar-refractivity contribution >= 4 is 28.2 Å². The Morgan fingerprint density at radius 1 is 1.47 bits per heavy atom. The van der Waals surface area contributed by atoms with Crippen LogP contribution in [-0.4, -0.2) is 22.7 Å². The first-order valence-electron chi connectivity index (χ1n) is 6.19. The van der Waals surface area contributed by atoms with E-state index in [0.717, 1.165) is 6.42 Å². The zero-order valence-electron chi connectivity index (χ0n) is 11.8. The van der Waals surface area contributed by atoms with Gasteiger partial charge in [-0.2, -0.15) is 0 Å². The van der Waals surface area contributed by atoms with Crippen molar-refractivity contribution in [1.82, 2.24) is 4.98 Å². The highest BCUT2D eigenvalue weighted by atomic mass is 32.1. The summed E-state index contributed by atoms with van der Waals surface area (Å²) in [6.07, 6.45) is 1.03. The molecule has 0 fully saturated rings.